The molecule has 0 radical (unpaired) electrons. The molecule has 172 valence electrons. The van der Waals surface area contributed by atoms with Crippen LogP contribution in [-0.2, 0) is 14.8 Å². The molecule has 4 rings (SSSR count). The highest BCUT2D eigenvalue weighted by atomic mass is 32.2. The molecule has 1 saturated heterocycles. The van der Waals surface area contributed by atoms with Gasteiger partial charge in [-0.25, -0.2) is 8.42 Å². The van der Waals surface area contributed by atoms with Crippen molar-refractivity contribution in [3.8, 4) is 0 Å². The van der Waals surface area contributed by atoms with Crippen LogP contribution in [0, 0.1) is 30.6 Å². The van der Waals surface area contributed by atoms with Gasteiger partial charge < -0.3 is 5.32 Å². The Morgan fingerprint density at radius 2 is 1.84 bits per heavy atom. The lowest BCUT2D eigenvalue weighted by Crippen LogP contribution is -2.35. The zero-order valence-electron chi connectivity index (χ0n) is 18.9. The molecule has 1 aromatic carbocycles. The van der Waals surface area contributed by atoms with Gasteiger partial charge in [0.2, 0.25) is 15.9 Å². The van der Waals surface area contributed by atoms with Crippen molar-refractivity contribution in [1.29, 1.82) is 0 Å². The highest BCUT2D eigenvalue weighted by Crippen LogP contribution is 2.39. The minimum atomic E-state index is -3.42. The normalized spacial score (nSPS) is 29.8. The van der Waals surface area contributed by atoms with Crippen molar-refractivity contribution in [1.82, 2.24) is 9.62 Å². The van der Waals surface area contributed by atoms with Gasteiger partial charge in [-0.05, 0) is 74.5 Å². The molecule has 1 aliphatic heterocycles. The number of carbonyl (C=O) groups excluding carboxylic acids is 1. The molecule has 3 unspecified atom stereocenters. The van der Waals surface area contributed by atoms with E-state index in [1.165, 1.54) is 38.5 Å². The average molecular weight is 447 g/mol. The van der Waals surface area contributed by atoms with Crippen LogP contribution in [-0.4, -0.2) is 38.3 Å². The van der Waals surface area contributed by atoms with Crippen molar-refractivity contribution in [2.45, 2.75) is 76.0 Å². The molecule has 2 aliphatic carbocycles. The van der Waals surface area contributed by atoms with E-state index in [9.17, 15) is 13.2 Å². The van der Waals surface area contributed by atoms with Gasteiger partial charge in [0, 0.05) is 25.6 Å². The molecular weight excluding hydrogens is 408 g/mol. The molecule has 4 atom stereocenters. The second-order valence-electron chi connectivity index (χ2n) is 10.2. The average Bonchev–Trinajstić information content (AvgIpc) is 3.22. The number of fused-ring (bicyclic) bond motifs is 2. The van der Waals surface area contributed by atoms with Gasteiger partial charge in [-0.1, -0.05) is 44.2 Å². The number of carbonyl (C=O) groups is 1. The van der Waals surface area contributed by atoms with Crippen LogP contribution in [0.1, 0.15) is 69.8 Å². The Bertz CT molecular complexity index is 869. The van der Waals surface area contributed by atoms with Crippen LogP contribution in [0.25, 0.3) is 0 Å². The first-order chi connectivity index (χ1) is 14.9. The maximum Gasteiger partial charge on any atom is 0.243 e. The highest BCUT2D eigenvalue weighted by Gasteiger charge is 2.33. The van der Waals surface area contributed by atoms with Crippen LogP contribution < -0.4 is 5.32 Å². The number of nitrogens with one attached hydrogen (secondary N) is 1. The quantitative estimate of drug-likeness (QED) is 0.699. The molecule has 5 nitrogen and oxygen atoms in total. The maximum atomic E-state index is 12.9. The van der Waals surface area contributed by atoms with Gasteiger partial charge in [0.15, 0.2) is 0 Å². The van der Waals surface area contributed by atoms with Gasteiger partial charge in [-0.2, -0.15) is 4.31 Å². The first kappa shape index (κ1) is 22.8. The summed E-state index contributed by atoms with van der Waals surface area (Å²) in [4.78, 5) is 13.2. The number of sulfonamides is 1. The molecule has 1 N–H and O–H groups in total. The largest absolute Gasteiger partial charge is 0.356 e. The molecule has 3 fully saturated rings. The van der Waals surface area contributed by atoms with E-state index in [2.05, 4.69) is 5.32 Å². The van der Waals surface area contributed by atoms with E-state index in [0.717, 1.165) is 43.1 Å². The lowest BCUT2D eigenvalue weighted by atomic mass is 9.72. The Balaban J connectivity index is 1.23. The van der Waals surface area contributed by atoms with Gasteiger partial charge in [0.05, 0.1) is 4.90 Å². The molecule has 0 aromatic heterocycles. The fraction of sp³-hybridized carbons (Fsp3) is 0.720. The van der Waals surface area contributed by atoms with Crippen molar-refractivity contribution in [2.75, 3.05) is 19.6 Å². The Hall–Kier alpha value is -1.40. The summed E-state index contributed by atoms with van der Waals surface area (Å²) in [6.07, 6.45) is 11.7. The predicted molar refractivity (Wildman–Crippen MR) is 123 cm³/mol. The van der Waals surface area contributed by atoms with Gasteiger partial charge in [0.25, 0.3) is 0 Å². The molecule has 1 heterocycles. The number of amides is 1. The fourth-order valence-corrected chi connectivity index (χ4v) is 7.65. The Labute approximate surface area is 188 Å². The number of hydrogen-bond donors (Lipinski definition) is 1. The summed E-state index contributed by atoms with van der Waals surface area (Å²) >= 11 is 0. The number of aryl methyl sites for hydroxylation is 1. The van der Waals surface area contributed by atoms with Gasteiger partial charge in [-0.3, -0.25) is 4.79 Å². The minimum Gasteiger partial charge on any atom is -0.356 e. The fourth-order valence-electron chi connectivity index (χ4n) is 6.01. The second-order valence-corrected chi connectivity index (χ2v) is 12.1. The zero-order chi connectivity index (χ0) is 21.8. The summed E-state index contributed by atoms with van der Waals surface area (Å²) in [6, 6.07) is 7.14. The maximum absolute atomic E-state index is 12.9. The molecule has 2 saturated carbocycles. The van der Waals surface area contributed by atoms with E-state index in [-0.39, 0.29) is 11.8 Å². The van der Waals surface area contributed by atoms with Crippen molar-refractivity contribution >= 4 is 15.9 Å². The Morgan fingerprint density at radius 3 is 2.65 bits per heavy atom. The number of hydrogen-bond acceptors (Lipinski definition) is 3. The molecule has 6 heteroatoms. The minimum absolute atomic E-state index is 0.172. The number of rotatable bonds is 6. The third-order valence-corrected chi connectivity index (χ3v) is 9.63. The highest BCUT2D eigenvalue weighted by molar-refractivity contribution is 7.89. The summed E-state index contributed by atoms with van der Waals surface area (Å²) in [5.74, 6) is 2.36. The molecule has 0 spiro atoms. The van der Waals surface area contributed by atoms with Crippen molar-refractivity contribution < 1.29 is 13.2 Å². The number of nitrogens with zero attached hydrogens (tertiary/aromatic N) is 1. The standard InChI is InChI=1S/C25H38N2O3S/c1-19-5-2-10-24(15-19)31(29,30)27-14-12-21(18-27)11-13-26-25(28)23-9-4-7-20-6-3-8-22(16-20)17-23/h2,5,10,15,20-23H,3-4,6-9,11-14,16-18H2,1H3,(H,26,28)/t20?,21?,22?,23-/m0/s1. The molecule has 3 aliphatic rings. The smallest absolute Gasteiger partial charge is 0.243 e. The third-order valence-electron chi connectivity index (χ3n) is 7.77. The van der Waals surface area contributed by atoms with Gasteiger partial charge >= 0.3 is 0 Å². The SMILES string of the molecule is Cc1cccc(S(=O)(=O)N2CCC(CCNC(=O)[C@H]3CCCC4CCCC(C4)C3)C2)c1. The van der Waals surface area contributed by atoms with Crippen LogP contribution in [0.5, 0.6) is 0 Å². The Kier molecular flexibility index (Phi) is 7.37. The molecular formula is C25H38N2O3S. The molecule has 1 aromatic rings. The number of benzene rings is 1. The van der Waals surface area contributed by atoms with Crippen molar-refractivity contribution in [2.24, 2.45) is 23.7 Å². The van der Waals surface area contributed by atoms with Crippen LogP contribution in [0.2, 0.25) is 0 Å². The zero-order valence-corrected chi connectivity index (χ0v) is 19.7. The second kappa shape index (κ2) is 10.0. The lowest BCUT2D eigenvalue weighted by Gasteiger charge is -2.34. The van der Waals surface area contributed by atoms with Gasteiger partial charge in [-0.15, -0.1) is 0 Å². The van der Waals surface area contributed by atoms with Crippen LogP contribution in [0.4, 0.5) is 0 Å². The summed E-state index contributed by atoms with van der Waals surface area (Å²) in [6.45, 7) is 3.70. The van der Waals surface area contributed by atoms with E-state index in [0.29, 0.717) is 30.4 Å². The first-order valence-corrected chi connectivity index (χ1v) is 13.7. The van der Waals surface area contributed by atoms with Crippen LogP contribution >= 0.6 is 0 Å². The van der Waals surface area contributed by atoms with Crippen LogP contribution in [0.15, 0.2) is 29.2 Å². The molecule has 31 heavy (non-hydrogen) atoms. The monoisotopic (exact) mass is 446 g/mol. The van der Waals surface area contributed by atoms with Crippen LogP contribution in [0.3, 0.4) is 0 Å². The van der Waals surface area contributed by atoms with E-state index in [1.807, 2.05) is 13.0 Å². The Morgan fingerprint density at radius 1 is 1.06 bits per heavy atom. The predicted octanol–water partition coefficient (Wildman–Crippen LogP) is 4.51. The molecule has 1 amide bonds. The van der Waals surface area contributed by atoms with Crippen molar-refractivity contribution in [3.63, 3.8) is 0 Å². The summed E-state index contributed by atoms with van der Waals surface area (Å²) < 4.78 is 27.5. The van der Waals surface area contributed by atoms with Crippen molar-refractivity contribution in [3.05, 3.63) is 29.8 Å². The van der Waals surface area contributed by atoms with E-state index in [1.54, 1.807) is 22.5 Å². The summed E-state index contributed by atoms with van der Waals surface area (Å²) in [5.41, 5.74) is 0.956. The lowest BCUT2D eigenvalue weighted by molar-refractivity contribution is -0.126. The summed E-state index contributed by atoms with van der Waals surface area (Å²) in [7, 11) is -3.42. The third kappa shape index (κ3) is 5.70. The van der Waals surface area contributed by atoms with E-state index < -0.39 is 10.0 Å². The topological polar surface area (TPSA) is 66.5 Å². The first-order valence-electron chi connectivity index (χ1n) is 12.3. The molecule has 2 bridgehead atoms. The van der Waals surface area contributed by atoms with Gasteiger partial charge in [0.1, 0.15) is 0 Å². The van der Waals surface area contributed by atoms with E-state index in [4.69, 9.17) is 0 Å². The summed E-state index contributed by atoms with van der Waals surface area (Å²) in [5, 5.41) is 3.19. The van der Waals surface area contributed by atoms with E-state index >= 15 is 0 Å².